The van der Waals surface area contributed by atoms with Gasteiger partial charge in [-0.3, -0.25) is 0 Å². The molecule has 0 spiro atoms. The topological polar surface area (TPSA) is 58.7 Å². The van der Waals surface area contributed by atoms with E-state index in [0.29, 0.717) is 32.6 Å². The maximum Gasteiger partial charge on any atom is 0.0817 e. The minimum atomic E-state index is -0.607. The van der Waals surface area contributed by atoms with E-state index in [-0.39, 0.29) is 6.04 Å². The van der Waals surface area contributed by atoms with Crippen LogP contribution in [0.2, 0.25) is 0 Å². The molecule has 0 radical (unpaired) electrons. The molecule has 0 bridgehead atoms. The Balaban J connectivity index is 1.81. The third kappa shape index (κ3) is 5.04. The molecule has 118 valence electrons. The van der Waals surface area contributed by atoms with Crippen molar-refractivity contribution in [3.8, 4) is 0 Å². The summed E-state index contributed by atoms with van der Waals surface area (Å²) in [5, 5.41) is 10.5. The second-order valence-corrected chi connectivity index (χ2v) is 6.85. The lowest BCUT2D eigenvalue weighted by molar-refractivity contribution is -0.0770. The van der Waals surface area contributed by atoms with Crippen LogP contribution in [0.3, 0.4) is 0 Å². The summed E-state index contributed by atoms with van der Waals surface area (Å²) in [5.41, 5.74) is 6.80. The molecule has 3 N–H and O–H groups in total. The first kappa shape index (κ1) is 16.9. The van der Waals surface area contributed by atoms with Crippen molar-refractivity contribution in [3.63, 3.8) is 0 Å². The first-order chi connectivity index (χ1) is 10.0. The maximum absolute atomic E-state index is 10.5. The highest BCUT2D eigenvalue weighted by molar-refractivity contribution is 9.10. The quantitative estimate of drug-likeness (QED) is 0.820. The van der Waals surface area contributed by atoms with Crippen LogP contribution in [-0.4, -0.2) is 49.0 Å². The Morgan fingerprint density at radius 3 is 2.71 bits per heavy atom. The fourth-order valence-corrected chi connectivity index (χ4v) is 3.36. The Kier molecular flexibility index (Phi) is 6.20. The lowest BCUT2D eigenvalue weighted by Crippen LogP contribution is -2.46. The van der Waals surface area contributed by atoms with Crippen LogP contribution in [0.4, 0.5) is 0 Å². The molecule has 1 aliphatic heterocycles. The summed E-state index contributed by atoms with van der Waals surface area (Å²) in [7, 11) is 2.04. The van der Waals surface area contributed by atoms with Gasteiger partial charge in [0.25, 0.3) is 0 Å². The van der Waals surface area contributed by atoms with Gasteiger partial charge in [0, 0.05) is 43.1 Å². The van der Waals surface area contributed by atoms with E-state index in [2.05, 4.69) is 26.9 Å². The first-order valence-electron chi connectivity index (χ1n) is 7.49. The van der Waals surface area contributed by atoms with Gasteiger partial charge >= 0.3 is 0 Å². The molecular formula is C16H25BrN2O2. The second-order valence-electron chi connectivity index (χ2n) is 5.99. The highest BCUT2D eigenvalue weighted by Crippen LogP contribution is 2.25. The largest absolute Gasteiger partial charge is 0.388 e. The van der Waals surface area contributed by atoms with Gasteiger partial charge in [-0.15, -0.1) is 0 Å². The van der Waals surface area contributed by atoms with Crippen molar-refractivity contribution < 1.29 is 9.84 Å². The molecule has 1 aromatic carbocycles. The van der Waals surface area contributed by atoms with Gasteiger partial charge in [-0.25, -0.2) is 0 Å². The Morgan fingerprint density at radius 2 is 2.05 bits per heavy atom. The van der Waals surface area contributed by atoms with Crippen molar-refractivity contribution in [2.45, 2.75) is 30.9 Å². The number of rotatable bonds is 6. The highest BCUT2D eigenvalue weighted by Gasteiger charge is 2.30. The van der Waals surface area contributed by atoms with Gasteiger partial charge in [0.15, 0.2) is 0 Å². The average Bonchev–Trinajstić information content (AvgIpc) is 2.45. The van der Waals surface area contributed by atoms with Gasteiger partial charge in [0.05, 0.1) is 5.60 Å². The standard InChI is InChI=1S/C16H25BrN2O2/c1-19(12-16(20)7-10-21-11-8-16)9-6-15(18)13-4-2-3-5-14(13)17/h2-5,15,20H,6-12,18H2,1H3. The van der Waals surface area contributed by atoms with E-state index in [4.69, 9.17) is 10.5 Å². The minimum absolute atomic E-state index is 0.00681. The van der Waals surface area contributed by atoms with Crippen LogP contribution in [0, 0.1) is 0 Å². The lowest BCUT2D eigenvalue weighted by Gasteiger charge is -2.35. The van der Waals surface area contributed by atoms with E-state index in [1.165, 1.54) is 0 Å². The molecule has 4 nitrogen and oxygen atoms in total. The van der Waals surface area contributed by atoms with Gasteiger partial charge in [-0.1, -0.05) is 34.1 Å². The van der Waals surface area contributed by atoms with Crippen molar-refractivity contribution in [2.75, 3.05) is 33.4 Å². The van der Waals surface area contributed by atoms with Crippen LogP contribution in [0.1, 0.15) is 30.9 Å². The summed E-state index contributed by atoms with van der Waals surface area (Å²) in [4.78, 5) is 2.17. The third-order valence-corrected chi connectivity index (χ3v) is 4.84. The van der Waals surface area contributed by atoms with Crippen LogP contribution < -0.4 is 5.73 Å². The Bertz CT molecular complexity index is 450. The molecule has 1 atom stereocenters. The SMILES string of the molecule is CN(CCC(N)c1ccccc1Br)CC1(O)CCOCC1. The van der Waals surface area contributed by atoms with Crippen molar-refractivity contribution in [3.05, 3.63) is 34.3 Å². The van der Waals surface area contributed by atoms with Crippen LogP contribution in [0.5, 0.6) is 0 Å². The van der Waals surface area contributed by atoms with Crippen molar-refractivity contribution >= 4 is 15.9 Å². The number of nitrogens with zero attached hydrogens (tertiary/aromatic N) is 1. The summed E-state index contributed by atoms with van der Waals surface area (Å²) in [6.07, 6.45) is 2.30. The van der Waals surface area contributed by atoms with E-state index in [0.717, 1.165) is 23.0 Å². The van der Waals surface area contributed by atoms with E-state index < -0.39 is 5.60 Å². The third-order valence-electron chi connectivity index (χ3n) is 4.11. The molecule has 0 aliphatic carbocycles. The number of halogens is 1. The minimum Gasteiger partial charge on any atom is -0.388 e. The number of benzene rings is 1. The zero-order valence-corrected chi connectivity index (χ0v) is 14.2. The molecule has 2 rings (SSSR count). The lowest BCUT2D eigenvalue weighted by atomic mass is 9.93. The second kappa shape index (κ2) is 7.70. The summed E-state index contributed by atoms with van der Waals surface area (Å²) in [6, 6.07) is 8.08. The molecule has 1 unspecified atom stereocenters. The van der Waals surface area contributed by atoms with Crippen molar-refractivity contribution in [2.24, 2.45) is 5.73 Å². The molecule has 0 saturated carbocycles. The van der Waals surface area contributed by atoms with E-state index in [1.807, 2.05) is 25.2 Å². The van der Waals surface area contributed by atoms with Gasteiger partial charge < -0.3 is 20.5 Å². The van der Waals surface area contributed by atoms with Crippen molar-refractivity contribution in [1.82, 2.24) is 4.90 Å². The number of likely N-dealkylation sites (N-methyl/N-ethyl adjacent to an activating group) is 1. The maximum atomic E-state index is 10.5. The number of hydrogen-bond donors (Lipinski definition) is 2. The monoisotopic (exact) mass is 356 g/mol. The van der Waals surface area contributed by atoms with Gasteiger partial charge in [-0.2, -0.15) is 0 Å². The molecule has 1 saturated heterocycles. The molecule has 21 heavy (non-hydrogen) atoms. The number of ether oxygens (including phenoxy) is 1. The summed E-state index contributed by atoms with van der Waals surface area (Å²) < 4.78 is 6.37. The van der Waals surface area contributed by atoms with Crippen LogP contribution in [0.15, 0.2) is 28.7 Å². The molecule has 0 amide bonds. The van der Waals surface area contributed by atoms with Gasteiger partial charge in [0.1, 0.15) is 0 Å². The summed E-state index contributed by atoms with van der Waals surface area (Å²) in [5.74, 6) is 0. The Hall–Kier alpha value is -0.460. The van der Waals surface area contributed by atoms with Crippen LogP contribution >= 0.6 is 15.9 Å². The number of aliphatic hydroxyl groups is 1. The highest BCUT2D eigenvalue weighted by atomic mass is 79.9. The van der Waals surface area contributed by atoms with Crippen LogP contribution in [-0.2, 0) is 4.74 Å². The van der Waals surface area contributed by atoms with Crippen molar-refractivity contribution in [1.29, 1.82) is 0 Å². The smallest absolute Gasteiger partial charge is 0.0817 e. The molecule has 5 heteroatoms. The fraction of sp³-hybridized carbons (Fsp3) is 0.625. The normalized spacial score (nSPS) is 19.7. The molecule has 1 aromatic rings. The predicted octanol–water partition coefficient (Wildman–Crippen LogP) is 2.31. The zero-order valence-electron chi connectivity index (χ0n) is 12.6. The van der Waals surface area contributed by atoms with E-state index in [9.17, 15) is 5.11 Å². The number of nitrogens with two attached hydrogens (primary N) is 1. The van der Waals surface area contributed by atoms with Gasteiger partial charge in [0.2, 0.25) is 0 Å². The summed E-state index contributed by atoms with van der Waals surface area (Å²) in [6.45, 7) is 2.85. The zero-order chi connectivity index (χ0) is 15.3. The molecular weight excluding hydrogens is 332 g/mol. The fourth-order valence-electron chi connectivity index (χ4n) is 2.78. The number of hydrogen-bond acceptors (Lipinski definition) is 4. The van der Waals surface area contributed by atoms with E-state index >= 15 is 0 Å². The first-order valence-corrected chi connectivity index (χ1v) is 8.28. The van der Waals surface area contributed by atoms with Gasteiger partial charge in [-0.05, 0) is 31.6 Å². The molecule has 1 heterocycles. The van der Waals surface area contributed by atoms with Crippen LogP contribution in [0.25, 0.3) is 0 Å². The summed E-state index contributed by atoms with van der Waals surface area (Å²) >= 11 is 3.54. The molecule has 1 fully saturated rings. The average molecular weight is 357 g/mol. The Morgan fingerprint density at radius 1 is 1.38 bits per heavy atom. The molecule has 1 aliphatic rings. The Labute approximate surface area is 135 Å². The molecule has 0 aromatic heterocycles. The van der Waals surface area contributed by atoms with E-state index in [1.54, 1.807) is 0 Å². The predicted molar refractivity (Wildman–Crippen MR) is 88.2 cm³/mol.